The molecule has 0 saturated carbocycles. The predicted octanol–water partition coefficient (Wildman–Crippen LogP) is 4.85. The summed E-state index contributed by atoms with van der Waals surface area (Å²) >= 11 is 0. The highest BCUT2D eigenvalue weighted by molar-refractivity contribution is 5.66. The second-order valence-electron chi connectivity index (χ2n) is 5.56. The first-order valence-electron chi connectivity index (χ1n) is 6.31. The van der Waals surface area contributed by atoms with Crippen molar-refractivity contribution in [1.82, 2.24) is 0 Å². The van der Waals surface area contributed by atoms with Gasteiger partial charge in [-0.2, -0.15) is 0 Å². The Labute approximate surface area is 106 Å². The fourth-order valence-electron chi connectivity index (χ4n) is 1.86. The van der Waals surface area contributed by atoms with Crippen LogP contribution < -0.4 is 4.74 Å². The van der Waals surface area contributed by atoms with Crippen LogP contribution >= 0.6 is 0 Å². The van der Waals surface area contributed by atoms with Gasteiger partial charge in [0.05, 0.1) is 0 Å². The molecule has 0 aliphatic rings. The fraction of sp³-hybridized carbons (Fsp3) is 0.500. The van der Waals surface area contributed by atoms with Crippen molar-refractivity contribution in [2.75, 3.05) is 0 Å². The van der Waals surface area contributed by atoms with Gasteiger partial charge in [-0.15, -0.1) is 0 Å². The summed E-state index contributed by atoms with van der Waals surface area (Å²) in [4.78, 5) is 0. The molecule has 17 heavy (non-hydrogen) atoms. The smallest absolute Gasteiger partial charge is 0.120 e. The van der Waals surface area contributed by atoms with E-state index in [1.807, 2.05) is 0 Å². The standard InChI is InChI=1S/C16H24O/c1-7-8-13-9-10-14(17-16(4,5)6)11-15(13)12(2)3/h9-11H,2,7-8H2,1,3-6H3. The molecule has 0 saturated heterocycles. The van der Waals surface area contributed by atoms with Crippen LogP contribution in [0.1, 0.15) is 52.2 Å². The lowest BCUT2D eigenvalue weighted by Gasteiger charge is -2.22. The predicted molar refractivity (Wildman–Crippen MR) is 75.5 cm³/mol. The number of ether oxygens (including phenoxy) is 1. The Kier molecular flexibility index (Phi) is 4.39. The Morgan fingerprint density at radius 2 is 1.94 bits per heavy atom. The third-order valence-corrected chi connectivity index (χ3v) is 2.48. The molecule has 1 nitrogen and oxygen atoms in total. The third kappa shape index (κ3) is 4.26. The average molecular weight is 232 g/mol. The molecule has 0 atom stereocenters. The highest BCUT2D eigenvalue weighted by Gasteiger charge is 2.13. The molecule has 0 fully saturated rings. The molecule has 0 radical (unpaired) electrons. The van der Waals surface area contributed by atoms with Crippen molar-refractivity contribution in [2.45, 2.75) is 53.1 Å². The number of rotatable bonds is 4. The summed E-state index contributed by atoms with van der Waals surface area (Å²) in [6, 6.07) is 6.33. The Morgan fingerprint density at radius 1 is 1.29 bits per heavy atom. The van der Waals surface area contributed by atoms with Crippen LogP contribution in [0.25, 0.3) is 5.57 Å². The minimum atomic E-state index is -0.154. The van der Waals surface area contributed by atoms with Crippen LogP contribution in [0.3, 0.4) is 0 Å². The van der Waals surface area contributed by atoms with Crippen LogP contribution in [-0.4, -0.2) is 5.60 Å². The van der Waals surface area contributed by atoms with Gasteiger partial charge < -0.3 is 4.74 Å². The van der Waals surface area contributed by atoms with Gasteiger partial charge in [0.1, 0.15) is 11.4 Å². The van der Waals surface area contributed by atoms with Crippen molar-refractivity contribution in [3.05, 3.63) is 35.9 Å². The molecule has 0 bridgehead atoms. The molecule has 0 aliphatic heterocycles. The summed E-state index contributed by atoms with van der Waals surface area (Å²) in [5, 5.41) is 0. The fourth-order valence-corrected chi connectivity index (χ4v) is 1.86. The van der Waals surface area contributed by atoms with Gasteiger partial charge in [0.2, 0.25) is 0 Å². The zero-order valence-corrected chi connectivity index (χ0v) is 11.8. The average Bonchev–Trinajstić information content (AvgIpc) is 2.18. The van der Waals surface area contributed by atoms with Crippen molar-refractivity contribution >= 4 is 5.57 Å². The minimum absolute atomic E-state index is 0.154. The molecular weight excluding hydrogens is 208 g/mol. The van der Waals surface area contributed by atoms with Gasteiger partial charge in [-0.3, -0.25) is 0 Å². The summed E-state index contributed by atoms with van der Waals surface area (Å²) in [5.74, 6) is 0.926. The van der Waals surface area contributed by atoms with E-state index in [-0.39, 0.29) is 5.60 Å². The van der Waals surface area contributed by atoms with Crippen LogP contribution in [-0.2, 0) is 6.42 Å². The first kappa shape index (κ1) is 13.8. The van der Waals surface area contributed by atoms with E-state index in [0.29, 0.717) is 0 Å². The third-order valence-electron chi connectivity index (χ3n) is 2.48. The summed E-state index contributed by atoms with van der Waals surface area (Å²) in [6.07, 6.45) is 2.25. The first-order valence-corrected chi connectivity index (χ1v) is 6.31. The van der Waals surface area contributed by atoms with Gasteiger partial charge in [0.15, 0.2) is 0 Å². The Balaban J connectivity index is 3.05. The maximum atomic E-state index is 5.88. The van der Waals surface area contributed by atoms with E-state index in [4.69, 9.17) is 4.74 Å². The molecule has 0 heterocycles. The maximum absolute atomic E-state index is 5.88. The zero-order valence-electron chi connectivity index (χ0n) is 11.8. The molecule has 0 aromatic heterocycles. The summed E-state index contributed by atoms with van der Waals surface area (Å²) in [6.45, 7) is 14.5. The van der Waals surface area contributed by atoms with Gasteiger partial charge in [0, 0.05) is 0 Å². The number of hydrogen-bond acceptors (Lipinski definition) is 1. The molecular formula is C16H24O. The highest BCUT2D eigenvalue weighted by atomic mass is 16.5. The molecule has 1 heteroatoms. The second-order valence-corrected chi connectivity index (χ2v) is 5.56. The van der Waals surface area contributed by atoms with Crippen LogP contribution in [0, 0.1) is 0 Å². The van der Waals surface area contributed by atoms with Crippen molar-refractivity contribution in [2.24, 2.45) is 0 Å². The number of aryl methyl sites for hydroxylation is 1. The number of hydrogen-bond donors (Lipinski definition) is 0. The Bertz CT molecular complexity index is 396. The minimum Gasteiger partial charge on any atom is -0.488 e. The van der Waals surface area contributed by atoms with Crippen molar-refractivity contribution in [3.63, 3.8) is 0 Å². The van der Waals surface area contributed by atoms with E-state index in [2.05, 4.69) is 59.4 Å². The van der Waals surface area contributed by atoms with Gasteiger partial charge in [-0.05, 0) is 57.4 Å². The van der Waals surface area contributed by atoms with Crippen LogP contribution in [0.5, 0.6) is 5.75 Å². The van der Waals surface area contributed by atoms with Crippen molar-refractivity contribution in [3.8, 4) is 5.75 Å². The molecule has 0 spiro atoms. The number of benzene rings is 1. The van der Waals surface area contributed by atoms with Gasteiger partial charge in [-0.25, -0.2) is 0 Å². The highest BCUT2D eigenvalue weighted by Crippen LogP contribution is 2.26. The molecule has 0 amide bonds. The van der Waals surface area contributed by atoms with Gasteiger partial charge >= 0.3 is 0 Å². The van der Waals surface area contributed by atoms with Crippen molar-refractivity contribution in [1.29, 1.82) is 0 Å². The summed E-state index contributed by atoms with van der Waals surface area (Å²) in [7, 11) is 0. The second kappa shape index (κ2) is 5.39. The summed E-state index contributed by atoms with van der Waals surface area (Å²) in [5.41, 5.74) is 3.54. The van der Waals surface area contributed by atoms with E-state index in [1.165, 1.54) is 11.1 Å². The monoisotopic (exact) mass is 232 g/mol. The lowest BCUT2D eigenvalue weighted by atomic mass is 9.98. The topological polar surface area (TPSA) is 9.23 Å². The van der Waals surface area contributed by atoms with Crippen molar-refractivity contribution < 1.29 is 4.74 Å². The van der Waals surface area contributed by atoms with Crippen LogP contribution in [0.4, 0.5) is 0 Å². The normalized spacial score (nSPS) is 11.4. The van der Waals surface area contributed by atoms with E-state index in [0.717, 1.165) is 24.2 Å². The quantitative estimate of drug-likeness (QED) is 0.721. The van der Waals surface area contributed by atoms with E-state index >= 15 is 0 Å². The first-order chi connectivity index (χ1) is 7.83. The maximum Gasteiger partial charge on any atom is 0.120 e. The largest absolute Gasteiger partial charge is 0.488 e. The molecule has 1 aromatic carbocycles. The van der Waals surface area contributed by atoms with E-state index in [9.17, 15) is 0 Å². The molecule has 0 aliphatic carbocycles. The van der Waals surface area contributed by atoms with Gasteiger partial charge in [0.25, 0.3) is 0 Å². The molecule has 1 rings (SSSR count). The lowest BCUT2D eigenvalue weighted by molar-refractivity contribution is 0.131. The Hall–Kier alpha value is -1.24. The van der Waals surface area contributed by atoms with Crippen LogP contribution in [0.2, 0.25) is 0 Å². The summed E-state index contributed by atoms with van der Waals surface area (Å²) < 4.78 is 5.88. The lowest BCUT2D eigenvalue weighted by Crippen LogP contribution is -2.23. The van der Waals surface area contributed by atoms with E-state index < -0.39 is 0 Å². The molecule has 1 aromatic rings. The van der Waals surface area contributed by atoms with Crippen LogP contribution in [0.15, 0.2) is 24.8 Å². The molecule has 0 unspecified atom stereocenters. The molecule has 94 valence electrons. The van der Waals surface area contributed by atoms with E-state index in [1.54, 1.807) is 0 Å². The van der Waals surface area contributed by atoms with Gasteiger partial charge in [-0.1, -0.05) is 31.6 Å². The zero-order chi connectivity index (χ0) is 13.1. The SMILES string of the molecule is C=C(C)c1cc(OC(C)(C)C)ccc1CCC. The molecule has 0 N–H and O–H groups in total. The number of allylic oxidation sites excluding steroid dienone is 1. The Morgan fingerprint density at radius 3 is 2.41 bits per heavy atom.